The fraction of sp³-hybridized carbons (Fsp3) is 0.500. The summed E-state index contributed by atoms with van der Waals surface area (Å²) < 4.78 is 5.50. The zero-order chi connectivity index (χ0) is 9.47. The maximum atomic E-state index is 5.50. The summed E-state index contributed by atoms with van der Waals surface area (Å²) >= 11 is 0. The van der Waals surface area contributed by atoms with Crippen LogP contribution >= 0.6 is 0 Å². The number of nitrogens with zero attached hydrogens (tertiary/aromatic N) is 2. The van der Waals surface area contributed by atoms with Gasteiger partial charge in [-0.05, 0) is 26.8 Å². The Kier molecular flexibility index (Phi) is 1.68. The standard InChI is InChI=1S/C10H14N2O/c1-10(2,3)12-7-13-9-6-11-5-4-8(9)12/h4-6H,7H2,1-3H3. The van der Waals surface area contributed by atoms with Gasteiger partial charge in [-0.2, -0.15) is 0 Å². The van der Waals surface area contributed by atoms with Crippen molar-refractivity contribution in [2.45, 2.75) is 26.3 Å². The molecule has 0 atom stereocenters. The lowest BCUT2D eigenvalue weighted by molar-refractivity contribution is 0.316. The molecular weight excluding hydrogens is 164 g/mol. The lowest BCUT2D eigenvalue weighted by Crippen LogP contribution is -2.40. The first kappa shape index (κ1) is 8.35. The summed E-state index contributed by atoms with van der Waals surface area (Å²) in [5.41, 5.74) is 1.24. The monoisotopic (exact) mass is 178 g/mol. The Morgan fingerprint density at radius 3 is 2.92 bits per heavy atom. The minimum atomic E-state index is 0.104. The van der Waals surface area contributed by atoms with E-state index in [1.807, 2.05) is 6.07 Å². The third-order valence-corrected chi connectivity index (χ3v) is 2.21. The topological polar surface area (TPSA) is 25.4 Å². The van der Waals surface area contributed by atoms with Crippen molar-refractivity contribution in [3.05, 3.63) is 18.5 Å². The molecule has 3 nitrogen and oxygen atoms in total. The average molecular weight is 178 g/mol. The Balaban J connectivity index is 2.39. The number of ether oxygens (including phenoxy) is 1. The molecule has 0 aromatic carbocycles. The van der Waals surface area contributed by atoms with E-state index in [9.17, 15) is 0 Å². The molecule has 2 heterocycles. The van der Waals surface area contributed by atoms with Crippen LogP contribution < -0.4 is 9.64 Å². The van der Waals surface area contributed by atoms with Gasteiger partial charge in [-0.1, -0.05) is 0 Å². The number of pyridine rings is 1. The van der Waals surface area contributed by atoms with Gasteiger partial charge in [-0.15, -0.1) is 0 Å². The van der Waals surface area contributed by atoms with Gasteiger partial charge in [-0.25, -0.2) is 0 Å². The van der Waals surface area contributed by atoms with Crippen molar-refractivity contribution in [3.8, 4) is 5.75 Å². The Morgan fingerprint density at radius 1 is 1.46 bits per heavy atom. The van der Waals surface area contributed by atoms with E-state index >= 15 is 0 Å². The Labute approximate surface area is 78.3 Å². The summed E-state index contributed by atoms with van der Waals surface area (Å²) in [6.45, 7) is 7.15. The fourth-order valence-corrected chi connectivity index (χ4v) is 1.47. The van der Waals surface area contributed by atoms with Crippen LogP contribution in [0.25, 0.3) is 0 Å². The van der Waals surface area contributed by atoms with Crippen molar-refractivity contribution in [2.24, 2.45) is 0 Å². The van der Waals surface area contributed by atoms with Gasteiger partial charge >= 0.3 is 0 Å². The highest BCUT2D eigenvalue weighted by atomic mass is 16.5. The number of hydrogen-bond donors (Lipinski definition) is 0. The minimum absolute atomic E-state index is 0.104. The second-order valence-corrected chi connectivity index (χ2v) is 4.22. The van der Waals surface area contributed by atoms with E-state index in [0.29, 0.717) is 6.73 Å². The highest BCUT2D eigenvalue weighted by Crippen LogP contribution is 2.36. The molecule has 1 aromatic heterocycles. The van der Waals surface area contributed by atoms with Crippen molar-refractivity contribution in [1.29, 1.82) is 0 Å². The first-order valence-electron chi connectivity index (χ1n) is 4.43. The lowest BCUT2D eigenvalue weighted by atomic mass is 10.1. The van der Waals surface area contributed by atoms with Gasteiger partial charge in [0.15, 0.2) is 12.5 Å². The number of aromatic nitrogens is 1. The van der Waals surface area contributed by atoms with Crippen LogP contribution in [0.5, 0.6) is 5.75 Å². The molecule has 2 rings (SSSR count). The molecule has 0 N–H and O–H groups in total. The maximum absolute atomic E-state index is 5.50. The summed E-state index contributed by atoms with van der Waals surface area (Å²) in [5, 5.41) is 0. The van der Waals surface area contributed by atoms with Crippen LogP contribution in [0.1, 0.15) is 20.8 Å². The Bertz CT molecular complexity index is 317. The Morgan fingerprint density at radius 2 is 2.23 bits per heavy atom. The maximum Gasteiger partial charge on any atom is 0.163 e. The molecule has 0 fully saturated rings. The molecular formula is C10H14N2O. The van der Waals surface area contributed by atoms with Crippen LogP contribution in [0.15, 0.2) is 18.5 Å². The predicted molar refractivity (Wildman–Crippen MR) is 52.0 cm³/mol. The molecule has 0 radical (unpaired) electrons. The first-order chi connectivity index (χ1) is 6.09. The van der Waals surface area contributed by atoms with E-state index in [-0.39, 0.29) is 5.54 Å². The molecule has 0 unspecified atom stereocenters. The van der Waals surface area contributed by atoms with Gasteiger partial charge in [0.2, 0.25) is 0 Å². The molecule has 70 valence electrons. The smallest absolute Gasteiger partial charge is 0.163 e. The second-order valence-electron chi connectivity index (χ2n) is 4.22. The summed E-state index contributed by atoms with van der Waals surface area (Å²) in [6, 6.07) is 1.99. The molecule has 0 amide bonds. The van der Waals surface area contributed by atoms with Gasteiger partial charge in [0.1, 0.15) is 0 Å². The zero-order valence-electron chi connectivity index (χ0n) is 8.24. The Hall–Kier alpha value is -1.25. The van der Waals surface area contributed by atoms with Gasteiger partial charge < -0.3 is 9.64 Å². The third-order valence-electron chi connectivity index (χ3n) is 2.21. The van der Waals surface area contributed by atoms with Gasteiger partial charge in [-0.3, -0.25) is 4.98 Å². The van der Waals surface area contributed by atoms with E-state index in [4.69, 9.17) is 4.74 Å². The van der Waals surface area contributed by atoms with Crippen LogP contribution in [-0.2, 0) is 0 Å². The molecule has 0 saturated carbocycles. The molecule has 1 aliphatic rings. The molecule has 1 aromatic rings. The van der Waals surface area contributed by atoms with Crippen molar-refractivity contribution < 1.29 is 4.74 Å². The average Bonchev–Trinajstić information content (AvgIpc) is 2.45. The van der Waals surface area contributed by atoms with Gasteiger partial charge in [0.25, 0.3) is 0 Å². The lowest BCUT2D eigenvalue weighted by Gasteiger charge is -2.31. The summed E-state index contributed by atoms with van der Waals surface area (Å²) in [4.78, 5) is 6.25. The molecule has 0 spiro atoms. The largest absolute Gasteiger partial charge is 0.469 e. The van der Waals surface area contributed by atoms with Crippen molar-refractivity contribution in [2.75, 3.05) is 11.6 Å². The number of anilines is 1. The molecule has 0 aliphatic carbocycles. The van der Waals surface area contributed by atoms with E-state index in [1.165, 1.54) is 0 Å². The molecule has 0 saturated heterocycles. The number of hydrogen-bond acceptors (Lipinski definition) is 3. The minimum Gasteiger partial charge on any atom is -0.469 e. The first-order valence-corrected chi connectivity index (χ1v) is 4.43. The van der Waals surface area contributed by atoms with Crippen molar-refractivity contribution >= 4 is 5.69 Å². The number of rotatable bonds is 0. The zero-order valence-corrected chi connectivity index (χ0v) is 8.24. The van der Waals surface area contributed by atoms with Crippen LogP contribution in [0.3, 0.4) is 0 Å². The van der Waals surface area contributed by atoms with E-state index in [1.54, 1.807) is 12.4 Å². The fourth-order valence-electron chi connectivity index (χ4n) is 1.47. The summed E-state index contributed by atoms with van der Waals surface area (Å²) in [5.74, 6) is 0.887. The normalized spacial score (nSPS) is 15.5. The van der Waals surface area contributed by atoms with Crippen LogP contribution in [-0.4, -0.2) is 17.3 Å². The van der Waals surface area contributed by atoms with Crippen LogP contribution in [0.2, 0.25) is 0 Å². The van der Waals surface area contributed by atoms with Crippen molar-refractivity contribution in [3.63, 3.8) is 0 Å². The van der Waals surface area contributed by atoms with E-state index < -0.39 is 0 Å². The SMILES string of the molecule is CC(C)(C)N1COc2cnccc21. The highest BCUT2D eigenvalue weighted by molar-refractivity contribution is 5.61. The van der Waals surface area contributed by atoms with Crippen LogP contribution in [0, 0.1) is 0 Å². The molecule has 13 heavy (non-hydrogen) atoms. The molecule has 3 heteroatoms. The molecule has 0 bridgehead atoms. The quantitative estimate of drug-likeness (QED) is 0.608. The van der Waals surface area contributed by atoms with Crippen molar-refractivity contribution in [1.82, 2.24) is 4.98 Å². The summed E-state index contributed by atoms with van der Waals surface area (Å²) in [7, 11) is 0. The van der Waals surface area contributed by atoms with Gasteiger partial charge in [0, 0.05) is 11.7 Å². The van der Waals surface area contributed by atoms with Gasteiger partial charge in [0.05, 0.1) is 11.9 Å². The second kappa shape index (κ2) is 2.62. The van der Waals surface area contributed by atoms with E-state index in [2.05, 4.69) is 30.7 Å². The van der Waals surface area contributed by atoms with Crippen LogP contribution in [0.4, 0.5) is 5.69 Å². The predicted octanol–water partition coefficient (Wildman–Crippen LogP) is 2.04. The van der Waals surface area contributed by atoms with E-state index in [0.717, 1.165) is 11.4 Å². The molecule has 1 aliphatic heterocycles. The third kappa shape index (κ3) is 1.34. The number of fused-ring (bicyclic) bond motifs is 1. The highest BCUT2D eigenvalue weighted by Gasteiger charge is 2.29. The summed E-state index contributed by atoms with van der Waals surface area (Å²) in [6.07, 6.45) is 3.56.